The van der Waals surface area contributed by atoms with Crippen molar-refractivity contribution >= 4 is 17.7 Å². The predicted octanol–water partition coefficient (Wildman–Crippen LogP) is 2.49. The first-order chi connectivity index (χ1) is 12.1. The molecule has 2 aromatic rings. The zero-order valence-corrected chi connectivity index (χ0v) is 14.8. The van der Waals surface area contributed by atoms with E-state index in [2.05, 4.69) is 34.0 Å². The van der Waals surface area contributed by atoms with Gasteiger partial charge in [0.05, 0.1) is 6.26 Å². The van der Waals surface area contributed by atoms with Crippen LogP contribution in [0.5, 0.6) is 0 Å². The van der Waals surface area contributed by atoms with Crippen LogP contribution < -0.4 is 10.2 Å². The zero-order chi connectivity index (χ0) is 17.6. The van der Waals surface area contributed by atoms with Gasteiger partial charge in [-0.15, -0.1) is 0 Å². The van der Waals surface area contributed by atoms with Crippen LogP contribution in [0.4, 0.5) is 11.8 Å². The van der Waals surface area contributed by atoms with Crippen molar-refractivity contribution < 1.29 is 9.21 Å². The van der Waals surface area contributed by atoms with Crippen LogP contribution in [0, 0.1) is 5.92 Å². The summed E-state index contributed by atoms with van der Waals surface area (Å²) in [5.41, 5.74) is 0. The number of furan rings is 1. The first-order valence-corrected chi connectivity index (χ1v) is 8.78. The minimum atomic E-state index is -0.0605. The molecular weight excluding hydrogens is 318 g/mol. The Morgan fingerprint density at radius 3 is 2.76 bits per heavy atom. The fourth-order valence-corrected chi connectivity index (χ4v) is 2.75. The van der Waals surface area contributed by atoms with E-state index < -0.39 is 0 Å². The van der Waals surface area contributed by atoms with Crippen LogP contribution in [0.2, 0.25) is 0 Å². The number of amides is 1. The summed E-state index contributed by atoms with van der Waals surface area (Å²) in [5, 5.41) is 3.35. The molecule has 7 heteroatoms. The Labute approximate surface area is 148 Å². The lowest BCUT2D eigenvalue weighted by Gasteiger charge is -2.34. The van der Waals surface area contributed by atoms with Crippen molar-refractivity contribution in [3.05, 3.63) is 36.4 Å². The Morgan fingerprint density at radius 2 is 2.08 bits per heavy atom. The number of carbonyl (C=O) groups is 1. The molecule has 0 spiro atoms. The average molecular weight is 343 g/mol. The number of piperazine rings is 1. The molecule has 1 fully saturated rings. The minimum Gasteiger partial charge on any atom is -0.459 e. The molecule has 1 N–H and O–H groups in total. The molecule has 2 aromatic heterocycles. The number of nitrogens with one attached hydrogen (secondary N) is 1. The Balaban J connectivity index is 1.55. The van der Waals surface area contributed by atoms with Gasteiger partial charge in [-0.05, 0) is 30.5 Å². The summed E-state index contributed by atoms with van der Waals surface area (Å²) in [6.45, 7) is 8.00. The molecule has 3 heterocycles. The van der Waals surface area contributed by atoms with Gasteiger partial charge in [0.25, 0.3) is 5.91 Å². The number of hydrogen-bond donors (Lipinski definition) is 1. The largest absolute Gasteiger partial charge is 0.459 e. The lowest BCUT2D eigenvalue weighted by Crippen LogP contribution is -2.49. The van der Waals surface area contributed by atoms with Crippen molar-refractivity contribution in [2.24, 2.45) is 5.92 Å². The van der Waals surface area contributed by atoms with Gasteiger partial charge < -0.3 is 19.5 Å². The Morgan fingerprint density at radius 1 is 1.28 bits per heavy atom. The molecule has 0 atom stereocenters. The van der Waals surface area contributed by atoms with Crippen LogP contribution in [0.3, 0.4) is 0 Å². The van der Waals surface area contributed by atoms with Crippen molar-refractivity contribution in [2.75, 3.05) is 42.9 Å². The van der Waals surface area contributed by atoms with Crippen molar-refractivity contribution in [1.29, 1.82) is 0 Å². The Hall–Kier alpha value is -2.57. The quantitative estimate of drug-likeness (QED) is 0.868. The maximum atomic E-state index is 12.3. The van der Waals surface area contributed by atoms with Gasteiger partial charge in [0.2, 0.25) is 5.95 Å². The molecule has 0 bridgehead atoms. The van der Waals surface area contributed by atoms with Gasteiger partial charge in [-0.2, -0.15) is 4.98 Å². The van der Waals surface area contributed by atoms with E-state index in [9.17, 15) is 4.79 Å². The molecule has 0 saturated carbocycles. The predicted molar refractivity (Wildman–Crippen MR) is 96.8 cm³/mol. The van der Waals surface area contributed by atoms with Crippen LogP contribution in [-0.4, -0.2) is 53.5 Å². The molecule has 1 saturated heterocycles. The highest BCUT2D eigenvalue weighted by molar-refractivity contribution is 5.91. The number of hydrogen-bond acceptors (Lipinski definition) is 6. The van der Waals surface area contributed by atoms with Gasteiger partial charge in [-0.1, -0.05) is 13.8 Å². The van der Waals surface area contributed by atoms with E-state index in [1.807, 2.05) is 6.07 Å². The van der Waals surface area contributed by atoms with Crippen molar-refractivity contribution in [3.8, 4) is 0 Å². The van der Waals surface area contributed by atoms with E-state index in [4.69, 9.17) is 4.42 Å². The SMILES string of the molecule is CC(C)CCNc1ccnc(N2CCN(C(=O)c3ccco3)CC2)n1. The fraction of sp³-hybridized carbons (Fsp3) is 0.500. The molecule has 0 aliphatic carbocycles. The van der Waals surface area contributed by atoms with Gasteiger partial charge >= 0.3 is 0 Å². The summed E-state index contributed by atoms with van der Waals surface area (Å²) in [5.74, 6) is 2.55. The lowest BCUT2D eigenvalue weighted by molar-refractivity contribution is 0.0714. The Kier molecular flexibility index (Phi) is 5.53. The molecule has 25 heavy (non-hydrogen) atoms. The molecule has 1 aliphatic heterocycles. The number of rotatable bonds is 6. The van der Waals surface area contributed by atoms with Crippen LogP contribution in [0.1, 0.15) is 30.8 Å². The van der Waals surface area contributed by atoms with Gasteiger partial charge in [0.15, 0.2) is 5.76 Å². The summed E-state index contributed by atoms with van der Waals surface area (Å²) >= 11 is 0. The van der Waals surface area contributed by atoms with Crippen LogP contribution in [0.15, 0.2) is 35.1 Å². The number of aromatic nitrogens is 2. The molecule has 134 valence electrons. The van der Waals surface area contributed by atoms with E-state index >= 15 is 0 Å². The second-order valence-corrected chi connectivity index (χ2v) is 6.61. The zero-order valence-electron chi connectivity index (χ0n) is 14.8. The van der Waals surface area contributed by atoms with Gasteiger partial charge in [-0.25, -0.2) is 4.98 Å². The monoisotopic (exact) mass is 343 g/mol. The maximum absolute atomic E-state index is 12.3. The highest BCUT2D eigenvalue weighted by Crippen LogP contribution is 2.15. The molecule has 0 radical (unpaired) electrons. The Bertz CT molecular complexity index is 679. The summed E-state index contributed by atoms with van der Waals surface area (Å²) in [7, 11) is 0. The highest BCUT2D eigenvalue weighted by Gasteiger charge is 2.24. The number of anilines is 2. The standard InChI is InChI=1S/C18H25N5O2/c1-14(2)5-7-19-16-6-8-20-18(21-16)23-11-9-22(10-12-23)17(24)15-4-3-13-25-15/h3-4,6,8,13-14H,5,7,9-12H2,1-2H3,(H,19,20,21). The second kappa shape index (κ2) is 8.00. The van der Waals surface area contributed by atoms with Gasteiger partial charge in [0, 0.05) is 38.9 Å². The molecule has 7 nitrogen and oxygen atoms in total. The molecule has 1 amide bonds. The highest BCUT2D eigenvalue weighted by atomic mass is 16.3. The normalized spacial score (nSPS) is 14.8. The maximum Gasteiger partial charge on any atom is 0.289 e. The van der Waals surface area contributed by atoms with E-state index in [1.54, 1.807) is 23.2 Å². The van der Waals surface area contributed by atoms with Gasteiger partial charge in [-0.3, -0.25) is 4.79 Å². The van der Waals surface area contributed by atoms with E-state index in [0.717, 1.165) is 18.8 Å². The van der Waals surface area contributed by atoms with Crippen LogP contribution in [-0.2, 0) is 0 Å². The summed E-state index contributed by atoms with van der Waals surface area (Å²) in [6.07, 6.45) is 4.41. The van der Waals surface area contributed by atoms with Gasteiger partial charge in [0.1, 0.15) is 5.82 Å². The first-order valence-electron chi connectivity index (χ1n) is 8.78. The van der Waals surface area contributed by atoms with Crippen molar-refractivity contribution in [3.63, 3.8) is 0 Å². The van der Waals surface area contributed by atoms with E-state index in [0.29, 0.717) is 43.8 Å². The van der Waals surface area contributed by atoms with Crippen LogP contribution in [0.25, 0.3) is 0 Å². The van der Waals surface area contributed by atoms with Crippen molar-refractivity contribution in [1.82, 2.24) is 14.9 Å². The molecule has 0 unspecified atom stereocenters. The molecule has 1 aliphatic rings. The molecular formula is C18H25N5O2. The third-order valence-corrected chi connectivity index (χ3v) is 4.25. The number of carbonyl (C=O) groups excluding carboxylic acids is 1. The smallest absolute Gasteiger partial charge is 0.289 e. The fourth-order valence-electron chi connectivity index (χ4n) is 2.75. The molecule has 0 aromatic carbocycles. The minimum absolute atomic E-state index is 0.0605. The van der Waals surface area contributed by atoms with E-state index in [1.165, 1.54) is 6.26 Å². The summed E-state index contributed by atoms with van der Waals surface area (Å²) < 4.78 is 5.19. The lowest BCUT2D eigenvalue weighted by atomic mass is 10.1. The van der Waals surface area contributed by atoms with Crippen LogP contribution >= 0.6 is 0 Å². The summed E-state index contributed by atoms with van der Waals surface area (Å²) in [4.78, 5) is 25.2. The topological polar surface area (TPSA) is 74.5 Å². The second-order valence-electron chi connectivity index (χ2n) is 6.61. The van der Waals surface area contributed by atoms with E-state index in [-0.39, 0.29) is 5.91 Å². The first kappa shape index (κ1) is 17.3. The average Bonchev–Trinajstić information content (AvgIpc) is 3.16. The third-order valence-electron chi connectivity index (χ3n) is 4.25. The third kappa shape index (κ3) is 4.49. The van der Waals surface area contributed by atoms with Crippen molar-refractivity contribution in [2.45, 2.75) is 20.3 Å². The summed E-state index contributed by atoms with van der Waals surface area (Å²) in [6, 6.07) is 5.32. The number of nitrogens with zero attached hydrogens (tertiary/aromatic N) is 4. The molecule has 3 rings (SSSR count).